The molecule has 1 aromatic carbocycles. The molecule has 1 aromatic heterocycles. The van der Waals surface area contributed by atoms with Gasteiger partial charge in [0.05, 0.1) is 19.4 Å². The van der Waals surface area contributed by atoms with Crippen LogP contribution in [0.25, 0.3) is 0 Å². The Morgan fingerprint density at radius 2 is 2.21 bits per heavy atom. The second-order valence-corrected chi connectivity index (χ2v) is 4.44. The quantitative estimate of drug-likeness (QED) is 0.636. The minimum atomic E-state index is -0.599. The van der Waals surface area contributed by atoms with Crippen LogP contribution < -0.4 is 20.9 Å². The van der Waals surface area contributed by atoms with E-state index in [4.69, 9.17) is 9.15 Å². The van der Waals surface area contributed by atoms with Crippen LogP contribution in [0.4, 0.5) is 5.69 Å². The zero-order chi connectivity index (χ0) is 14.0. The largest absolute Gasteiger partial charge is 0.491 e. The Kier molecular flexibility index (Phi) is 3.55. The van der Waals surface area contributed by atoms with Gasteiger partial charge in [0, 0.05) is 0 Å². The molecule has 19 heavy (non-hydrogen) atoms. The van der Waals surface area contributed by atoms with Crippen molar-refractivity contribution in [3.05, 3.63) is 56.8 Å². The van der Waals surface area contributed by atoms with Gasteiger partial charge in [0.2, 0.25) is 0 Å². The second kappa shape index (κ2) is 5.14. The molecule has 2 aromatic rings. The normalized spacial score (nSPS) is 12.3. The number of anilines is 1. The zero-order valence-electron chi connectivity index (χ0n) is 10.9. The van der Waals surface area contributed by atoms with Crippen LogP contribution in [0.5, 0.6) is 5.75 Å². The van der Waals surface area contributed by atoms with Crippen LogP contribution in [0.1, 0.15) is 25.1 Å². The van der Waals surface area contributed by atoms with Crippen LogP contribution in [0.15, 0.2) is 44.6 Å². The number of rotatable bonds is 6. The average molecular weight is 261 g/mol. The van der Waals surface area contributed by atoms with E-state index < -0.39 is 10.9 Å². The highest BCUT2D eigenvalue weighted by molar-refractivity contribution is 5.62. The second-order valence-electron chi connectivity index (χ2n) is 4.44. The third-order valence-electron chi connectivity index (χ3n) is 2.83. The van der Waals surface area contributed by atoms with E-state index >= 15 is 0 Å². The van der Waals surface area contributed by atoms with E-state index in [2.05, 4.69) is 11.9 Å². The lowest BCUT2D eigenvalue weighted by molar-refractivity contribution is 0.405. The molecule has 1 N–H and O–H groups in total. The molecule has 5 nitrogen and oxygen atoms in total. The molecule has 0 unspecified atom stereocenters. The molecule has 0 amide bonds. The minimum Gasteiger partial charge on any atom is -0.491 e. The molecular weight excluding hydrogens is 246 g/mol. The van der Waals surface area contributed by atoms with Gasteiger partial charge in [-0.15, -0.1) is 6.58 Å². The topological polar surface area (TPSA) is 68.5 Å². The highest BCUT2D eigenvalue weighted by atomic mass is 16.5. The molecule has 5 heteroatoms. The highest BCUT2D eigenvalue weighted by Crippen LogP contribution is 2.28. The van der Waals surface area contributed by atoms with E-state index in [0.29, 0.717) is 12.2 Å². The van der Waals surface area contributed by atoms with Gasteiger partial charge >= 0.3 is 0 Å². The Morgan fingerprint density at radius 1 is 1.47 bits per heavy atom. The standard InChI is InChI=1S/C14H15NO4/c1-8(2)7-9(10-5-4-6-19-10)15-11-12(16)13(17)14(11)18-3/h4-6,9,15H,1,7H2,2-3H3/t9-/m1/s1. The maximum absolute atomic E-state index is 11.5. The van der Waals surface area contributed by atoms with E-state index in [1.165, 1.54) is 7.11 Å². The Hall–Kier alpha value is -2.30. The smallest absolute Gasteiger partial charge is 0.271 e. The van der Waals surface area contributed by atoms with Gasteiger partial charge in [0.25, 0.3) is 10.9 Å². The Morgan fingerprint density at radius 3 is 2.74 bits per heavy atom. The van der Waals surface area contributed by atoms with Crippen LogP contribution in [0.2, 0.25) is 0 Å². The number of methoxy groups -OCH3 is 1. The summed E-state index contributed by atoms with van der Waals surface area (Å²) >= 11 is 0. The van der Waals surface area contributed by atoms with Gasteiger partial charge in [-0.05, 0) is 25.5 Å². The summed E-state index contributed by atoms with van der Waals surface area (Å²) in [4.78, 5) is 22.8. The van der Waals surface area contributed by atoms with E-state index in [9.17, 15) is 9.59 Å². The van der Waals surface area contributed by atoms with Crippen LogP contribution in [-0.4, -0.2) is 7.11 Å². The molecule has 0 aliphatic rings. The molecule has 0 aliphatic carbocycles. The van der Waals surface area contributed by atoms with Crippen molar-refractivity contribution >= 4 is 5.69 Å². The summed E-state index contributed by atoms with van der Waals surface area (Å²) in [6, 6.07) is 3.32. The number of ether oxygens (including phenoxy) is 1. The fourth-order valence-electron chi connectivity index (χ4n) is 1.93. The number of hydrogen-bond donors (Lipinski definition) is 1. The van der Waals surface area contributed by atoms with Gasteiger partial charge in [0.1, 0.15) is 11.4 Å². The van der Waals surface area contributed by atoms with E-state index in [0.717, 1.165) is 5.57 Å². The Labute approximate surface area is 110 Å². The molecule has 1 heterocycles. The first-order valence-electron chi connectivity index (χ1n) is 5.86. The third kappa shape index (κ3) is 2.45. The van der Waals surface area contributed by atoms with E-state index in [-0.39, 0.29) is 17.5 Å². The van der Waals surface area contributed by atoms with E-state index in [1.54, 1.807) is 18.4 Å². The fourth-order valence-corrected chi connectivity index (χ4v) is 1.93. The summed E-state index contributed by atoms with van der Waals surface area (Å²) < 4.78 is 10.2. The molecule has 0 radical (unpaired) electrons. The molecule has 2 rings (SSSR count). The molecule has 100 valence electrons. The van der Waals surface area contributed by atoms with Crippen LogP contribution in [0, 0.1) is 0 Å². The molecule has 0 bridgehead atoms. The molecule has 0 aliphatic heterocycles. The minimum absolute atomic E-state index is 0.0725. The van der Waals surface area contributed by atoms with Crippen LogP contribution in [0.3, 0.4) is 0 Å². The van der Waals surface area contributed by atoms with Gasteiger partial charge in [-0.2, -0.15) is 0 Å². The third-order valence-corrected chi connectivity index (χ3v) is 2.83. The summed E-state index contributed by atoms with van der Waals surface area (Å²) in [5, 5.41) is 3.00. The van der Waals surface area contributed by atoms with Crippen LogP contribution >= 0.6 is 0 Å². The van der Waals surface area contributed by atoms with Gasteiger partial charge in [-0.25, -0.2) is 0 Å². The van der Waals surface area contributed by atoms with Crippen molar-refractivity contribution in [2.24, 2.45) is 0 Å². The van der Waals surface area contributed by atoms with Gasteiger partial charge < -0.3 is 14.5 Å². The molecule has 0 saturated carbocycles. The monoisotopic (exact) mass is 261 g/mol. The summed E-state index contributed by atoms with van der Waals surface area (Å²) in [6.45, 7) is 5.73. The summed E-state index contributed by atoms with van der Waals surface area (Å²) in [5.74, 6) is 0.751. The van der Waals surface area contributed by atoms with Gasteiger partial charge in [-0.3, -0.25) is 9.59 Å². The lowest BCUT2D eigenvalue weighted by Gasteiger charge is -2.20. The van der Waals surface area contributed by atoms with Crippen molar-refractivity contribution in [3.8, 4) is 5.75 Å². The maximum atomic E-state index is 11.5. The summed E-state index contributed by atoms with van der Waals surface area (Å²) in [7, 11) is 1.36. The highest BCUT2D eigenvalue weighted by Gasteiger charge is 2.25. The summed E-state index contributed by atoms with van der Waals surface area (Å²) in [5.41, 5.74) is -0.0182. The van der Waals surface area contributed by atoms with Gasteiger partial charge in [0.15, 0.2) is 5.75 Å². The molecular formula is C14H15NO4. The first kappa shape index (κ1) is 13.1. The molecule has 1 atom stereocenters. The maximum Gasteiger partial charge on any atom is 0.271 e. The first-order valence-corrected chi connectivity index (χ1v) is 5.86. The van der Waals surface area contributed by atoms with Crippen molar-refractivity contribution in [3.63, 3.8) is 0 Å². The molecule has 0 fully saturated rings. The number of furan rings is 1. The van der Waals surface area contributed by atoms with Gasteiger partial charge in [-0.1, -0.05) is 5.57 Å². The van der Waals surface area contributed by atoms with E-state index in [1.807, 2.05) is 6.92 Å². The Bertz CT molecular complexity index is 647. The van der Waals surface area contributed by atoms with Crippen molar-refractivity contribution < 1.29 is 9.15 Å². The van der Waals surface area contributed by atoms with Crippen molar-refractivity contribution in [2.45, 2.75) is 19.4 Å². The molecule has 0 spiro atoms. The van der Waals surface area contributed by atoms with Crippen LogP contribution in [-0.2, 0) is 0 Å². The predicted octanol–water partition coefficient (Wildman–Crippen LogP) is 2.00. The zero-order valence-corrected chi connectivity index (χ0v) is 10.9. The lowest BCUT2D eigenvalue weighted by Crippen LogP contribution is -2.36. The Balaban J connectivity index is 2.26. The predicted molar refractivity (Wildman–Crippen MR) is 72.4 cm³/mol. The average Bonchev–Trinajstić information content (AvgIpc) is 2.90. The number of nitrogens with one attached hydrogen (secondary N) is 1. The first-order chi connectivity index (χ1) is 9.04. The van der Waals surface area contributed by atoms with Crippen molar-refractivity contribution in [1.29, 1.82) is 0 Å². The molecule has 0 saturated heterocycles. The summed E-state index contributed by atoms with van der Waals surface area (Å²) in [6.07, 6.45) is 2.15. The number of hydrogen-bond acceptors (Lipinski definition) is 5. The fraction of sp³-hybridized carbons (Fsp3) is 0.286. The van der Waals surface area contributed by atoms with Crippen molar-refractivity contribution in [2.75, 3.05) is 12.4 Å². The SMILES string of the molecule is C=C(C)C[C@@H](Nc1c(OC)c(=O)c1=O)c1ccco1. The van der Waals surface area contributed by atoms with Crippen molar-refractivity contribution in [1.82, 2.24) is 0 Å². The lowest BCUT2D eigenvalue weighted by atomic mass is 10.1.